The first-order valence-electron chi connectivity index (χ1n) is 11.2. The lowest BCUT2D eigenvalue weighted by Gasteiger charge is -2.16. The molecular formula is C25H30BrN3O3. The number of hydrogen-bond acceptors (Lipinski definition) is 5. The molecule has 0 N–H and O–H groups in total. The standard InChI is InChI=1S/C25H30BrN3O3/c1-5-8-9-24-28-21-12-11-19(26)15-20(21)25(30)29(24)27-16-18-10-13-22(32-17(4)6-2)23(14-18)31-7-3/h10-17H,5-9H2,1-4H3/t17-/m1/s1. The van der Waals surface area contributed by atoms with Crippen LogP contribution in [0.4, 0.5) is 0 Å². The molecule has 0 bridgehead atoms. The third-order valence-electron chi connectivity index (χ3n) is 5.12. The Morgan fingerprint density at radius 2 is 1.97 bits per heavy atom. The van der Waals surface area contributed by atoms with Crippen molar-refractivity contribution in [3.63, 3.8) is 0 Å². The van der Waals surface area contributed by atoms with E-state index < -0.39 is 0 Å². The van der Waals surface area contributed by atoms with Crippen molar-refractivity contribution in [2.24, 2.45) is 5.10 Å². The van der Waals surface area contributed by atoms with Crippen molar-refractivity contribution in [2.45, 2.75) is 59.5 Å². The molecule has 1 aromatic heterocycles. The molecule has 2 aromatic carbocycles. The lowest BCUT2D eigenvalue weighted by Crippen LogP contribution is -2.22. The number of aromatic nitrogens is 2. The minimum absolute atomic E-state index is 0.0939. The molecule has 0 aliphatic rings. The number of unbranched alkanes of at least 4 members (excludes halogenated alkanes) is 1. The Bertz CT molecular complexity index is 1160. The van der Waals surface area contributed by atoms with Gasteiger partial charge < -0.3 is 9.47 Å². The van der Waals surface area contributed by atoms with Crippen LogP contribution in [0.25, 0.3) is 10.9 Å². The van der Waals surface area contributed by atoms with Crippen molar-refractivity contribution in [3.8, 4) is 11.5 Å². The van der Waals surface area contributed by atoms with Crippen molar-refractivity contribution in [3.05, 3.63) is 62.6 Å². The average Bonchev–Trinajstić information content (AvgIpc) is 2.79. The van der Waals surface area contributed by atoms with Crippen molar-refractivity contribution in [1.82, 2.24) is 9.66 Å². The van der Waals surface area contributed by atoms with E-state index in [1.165, 1.54) is 4.68 Å². The maximum absolute atomic E-state index is 13.2. The first-order chi connectivity index (χ1) is 15.5. The highest BCUT2D eigenvalue weighted by atomic mass is 79.9. The summed E-state index contributed by atoms with van der Waals surface area (Å²) >= 11 is 3.44. The van der Waals surface area contributed by atoms with Crippen LogP contribution in [0.3, 0.4) is 0 Å². The molecule has 0 spiro atoms. The maximum atomic E-state index is 13.2. The van der Waals surface area contributed by atoms with E-state index in [0.717, 1.165) is 29.3 Å². The van der Waals surface area contributed by atoms with Gasteiger partial charge in [-0.15, -0.1) is 0 Å². The van der Waals surface area contributed by atoms with Gasteiger partial charge in [0.15, 0.2) is 11.5 Å². The Hall–Kier alpha value is -2.67. The van der Waals surface area contributed by atoms with Gasteiger partial charge in [0, 0.05) is 10.9 Å². The van der Waals surface area contributed by atoms with Gasteiger partial charge in [-0.1, -0.05) is 36.2 Å². The van der Waals surface area contributed by atoms with E-state index in [-0.39, 0.29) is 11.7 Å². The Balaban J connectivity index is 2.02. The molecule has 0 unspecified atom stereocenters. The smallest absolute Gasteiger partial charge is 0.282 e. The molecule has 3 rings (SSSR count). The Kier molecular flexibility index (Phi) is 8.45. The van der Waals surface area contributed by atoms with Crippen LogP contribution in [0.2, 0.25) is 0 Å². The Morgan fingerprint density at radius 3 is 2.69 bits per heavy atom. The number of benzene rings is 2. The topological polar surface area (TPSA) is 65.7 Å². The summed E-state index contributed by atoms with van der Waals surface area (Å²) < 4.78 is 14.0. The fourth-order valence-corrected chi connectivity index (χ4v) is 3.57. The molecule has 3 aromatic rings. The van der Waals surface area contributed by atoms with Gasteiger partial charge >= 0.3 is 0 Å². The SMILES string of the molecule is CCCCc1nc2ccc(Br)cc2c(=O)n1N=Cc1ccc(O[C@H](C)CC)c(OCC)c1. The van der Waals surface area contributed by atoms with Crippen molar-refractivity contribution in [1.29, 1.82) is 0 Å². The first-order valence-corrected chi connectivity index (χ1v) is 11.9. The Labute approximate surface area is 197 Å². The lowest BCUT2D eigenvalue weighted by molar-refractivity contribution is 0.203. The zero-order chi connectivity index (χ0) is 23.1. The highest BCUT2D eigenvalue weighted by Gasteiger charge is 2.12. The van der Waals surface area contributed by atoms with Gasteiger partial charge in [-0.05, 0) is 68.7 Å². The predicted molar refractivity (Wildman–Crippen MR) is 133 cm³/mol. The normalized spacial score (nSPS) is 12.4. The van der Waals surface area contributed by atoms with Gasteiger partial charge in [0.25, 0.3) is 5.56 Å². The third-order valence-corrected chi connectivity index (χ3v) is 5.62. The number of fused-ring (bicyclic) bond motifs is 1. The molecule has 0 fully saturated rings. The van der Waals surface area contributed by atoms with Gasteiger partial charge in [-0.2, -0.15) is 9.78 Å². The highest BCUT2D eigenvalue weighted by Crippen LogP contribution is 2.29. The van der Waals surface area contributed by atoms with Crippen LogP contribution < -0.4 is 15.0 Å². The van der Waals surface area contributed by atoms with Crippen LogP contribution in [-0.2, 0) is 6.42 Å². The van der Waals surface area contributed by atoms with E-state index in [2.05, 4.69) is 34.9 Å². The van der Waals surface area contributed by atoms with Gasteiger partial charge in [0.2, 0.25) is 0 Å². The lowest BCUT2D eigenvalue weighted by atomic mass is 10.2. The Morgan fingerprint density at radius 1 is 1.16 bits per heavy atom. The molecule has 0 radical (unpaired) electrons. The fourth-order valence-electron chi connectivity index (χ4n) is 3.21. The maximum Gasteiger partial charge on any atom is 0.282 e. The summed E-state index contributed by atoms with van der Waals surface area (Å²) in [4.78, 5) is 17.9. The predicted octanol–water partition coefficient (Wildman–Crippen LogP) is 5.96. The largest absolute Gasteiger partial charge is 0.490 e. The van der Waals surface area contributed by atoms with Crippen LogP contribution in [0.5, 0.6) is 11.5 Å². The molecular weight excluding hydrogens is 470 g/mol. The van der Waals surface area contributed by atoms with Crippen molar-refractivity contribution >= 4 is 33.0 Å². The average molecular weight is 500 g/mol. The van der Waals surface area contributed by atoms with Crippen LogP contribution in [0, 0.1) is 0 Å². The number of rotatable bonds is 10. The van der Waals surface area contributed by atoms with Crippen molar-refractivity contribution < 1.29 is 9.47 Å². The molecule has 32 heavy (non-hydrogen) atoms. The summed E-state index contributed by atoms with van der Waals surface area (Å²) in [5.74, 6) is 2.02. The van der Waals surface area contributed by atoms with E-state index in [0.29, 0.717) is 41.3 Å². The van der Waals surface area contributed by atoms with Gasteiger partial charge in [0.1, 0.15) is 5.82 Å². The van der Waals surface area contributed by atoms with Crippen molar-refractivity contribution in [2.75, 3.05) is 6.61 Å². The summed E-state index contributed by atoms with van der Waals surface area (Å²) in [6.45, 7) is 8.69. The molecule has 7 heteroatoms. The second-order valence-corrected chi connectivity index (χ2v) is 8.55. The molecule has 0 saturated heterocycles. The van der Waals surface area contributed by atoms with Crippen LogP contribution in [0.1, 0.15) is 58.3 Å². The summed E-state index contributed by atoms with van der Waals surface area (Å²) in [6.07, 6.45) is 5.28. The quantitative estimate of drug-likeness (QED) is 0.322. The number of nitrogens with zero attached hydrogens (tertiary/aromatic N) is 3. The molecule has 6 nitrogen and oxygen atoms in total. The van der Waals surface area contributed by atoms with Crippen LogP contribution in [-0.4, -0.2) is 28.6 Å². The van der Waals surface area contributed by atoms with E-state index in [1.54, 1.807) is 12.3 Å². The second kappa shape index (κ2) is 11.3. The molecule has 1 atom stereocenters. The zero-order valence-electron chi connectivity index (χ0n) is 19.1. The zero-order valence-corrected chi connectivity index (χ0v) is 20.7. The summed E-state index contributed by atoms with van der Waals surface area (Å²) in [5, 5.41) is 5.05. The fraction of sp³-hybridized carbons (Fsp3) is 0.400. The first kappa shape index (κ1) is 24.0. The van der Waals surface area contributed by atoms with E-state index >= 15 is 0 Å². The molecule has 0 aliphatic heterocycles. The van der Waals surface area contributed by atoms with Crippen LogP contribution in [0.15, 0.2) is 50.8 Å². The van der Waals surface area contributed by atoms with Crippen LogP contribution >= 0.6 is 15.9 Å². The highest BCUT2D eigenvalue weighted by molar-refractivity contribution is 9.10. The number of ether oxygens (including phenoxy) is 2. The molecule has 0 aliphatic carbocycles. The molecule has 0 amide bonds. The monoisotopic (exact) mass is 499 g/mol. The third kappa shape index (κ3) is 5.76. The van der Waals surface area contributed by atoms with E-state index in [9.17, 15) is 4.79 Å². The molecule has 170 valence electrons. The van der Waals surface area contributed by atoms with Gasteiger partial charge in [-0.3, -0.25) is 4.79 Å². The van der Waals surface area contributed by atoms with Gasteiger partial charge in [-0.25, -0.2) is 4.98 Å². The molecule has 0 saturated carbocycles. The number of halogens is 1. The number of hydrogen-bond donors (Lipinski definition) is 0. The summed E-state index contributed by atoms with van der Waals surface area (Å²) in [5.41, 5.74) is 1.31. The van der Waals surface area contributed by atoms with E-state index in [1.807, 2.05) is 44.2 Å². The number of aryl methyl sites for hydroxylation is 1. The van der Waals surface area contributed by atoms with Gasteiger partial charge in [0.05, 0.1) is 29.8 Å². The van der Waals surface area contributed by atoms with E-state index in [4.69, 9.17) is 14.5 Å². The summed E-state index contributed by atoms with van der Waals surface area (Å²) in [6, 6.07) is 11.2. The second-order valence-electron chi connectivity index (χ2n) is 7.63. The summed E-state index contributed by atoms with van der Waals surface area (Å²) in [7, 11) is 0. The minimum atomic E-state index is -0.180. The minimum Gasteiger partial charge on any atom is -0.490 e. The molecule has 1 heterocycles.